The molecule has 0 saturated carbocycles. The van der Waals surface area contributed by atoms with Crippen molar-refractivity contribution in [2.75, 3.05) is 6.79 Å². The van der Waals surface area contributed by atoms with Crippen molar-refractivity contribution in [3.05, 3.63) is 17.8 Å². The lowest BCUT2D eigenvalue weighted by Gasteiger charge is -1.94. The second-order valence-corrected chi connectivity index (χ2v) is 1.82. The zero-order valence-electron chi connectivity index (χ0n) is 5.86. The van der Waals surface area contributed by atoms with E-state index in [0.29, 0.717) is 5.69 Å². The minimum atomic E-state index is -0.904. The minimum Gasteiger partial charge on any atom is -0.436 e. The number of hydrogen-bond donors (Lipinski definition) is 0. The van der Waals surface area contributed by atoms with Gasteiger partial charge in [0, 0.05) is 0 Å². The molecule has 0 spiro atoms. The predicted octanol–water partition coefficient (Wildman–Crippen LogP) is 0.528. The van der Waals surface area contributed by atoms with Crippen LogP contribution in [0.3, 0.4) is 0 Å². The Bertz CT molecular complexity index is 255. The average Bonchev–Trinajstić information content (AvgIpc) is 2.36. The van der Waals surface area contributed by atoms with E-state index in [-0.39, 0.29) is 5.76 Å². The van der Waals surface area contributed by atoms with Crippen molar-refractivity contribution in [1.29, 1.82) is 0 Å². The third-order valence-corrected chi connectivity index (χ3v) is 1.12. The monoisotopic (exact) mass is 156 g/mol. The summed E-state index contributed by atoms with van der Waals surface area (Å²) in [6.45, 7) is 0.684. The van der Waals surface area contributed by atoms with Gasteiger partial charge in [-0.25, -0.2) is 9.78 Å². The van der Waals surface area contributed by atoms with Crippen LogP contribution in [0.5, 0.6) is 0 Å². The van der Waals surface area contributed by atoms with E-state index in [1.54, 1.807) is 6.92 Å². The molecule has 0 N–H and O–H groups in total. The summed E-state index contributed by atoms with van der Waals surface area (Å²) in [5.74, 6) is -0.782. The van der Waals surface area contributed by atoms with Gasteiger partial charge in [-0.15, -0.1) is 0 Å². The zero-order chi connectivity index (χ0) is 8.27. The first kappa shape index (κ1) is 7.74. The van der Waals surface area contributed by atoms with Crippen molar-refractivity contribution in [3.8, 4) is 0 Å². The summed E-state index contributed by atoms with van der Waals surface area (Å²) in [6, 6.07) is 0. The van der Waals surface area contributed by atoms with E-state index in [9.17, 15) is 9.90 Å². The maximum absolute atomic E-state index is 10.8. The fraction of sp³-hybridized carbons (Fsp3) is 0.333. The number of carbonyl (C=O) groups excluding carboxylic acids is 1. The molecule has 1 radical (unpaired) electrons. The summed E-state index contributed by atoms with van der Waals surface area (Å²) >= 11 is 0. The number of aromatic nitrogens is 1. The van der Waals surface area contributed by atoms with Crippen molar-refractivity contribution >= 4 is 5.97 Å². The van der Waals surface area contributed by atoms with Crippen molar-refractivity contribution < 1.29 is 19.1 Å². The number of carbonyl (C=O) groups is 1. The summed E-state index contributed by atoms with van der Waals surface area (Å²) in [7, 11) is 0. The largest absolute Gasteiger partial charge is 0.436 e. The number of esters is 1. The fourth-order valence-electron chi connectivity index (χ4n) is 0.617. The van der Waals surface area contributed by atoms with E-state index in [2.05, 4.69) is 14.1 Å². The molecule has 1 heterocycles. The van der Waals surface area contributed by atoms with Crippen molar-refractivity contribution in [2.45, 2.75) is 6.92 Å². The predicted molar refractivity (Wildman–Crippen MR) is 32.2 cm³/mol. The second kappa shape index (κ2) is 3.16. The van der Waals surface area contributed by atoms with Gasteiger partial charge in [-0.3, -0.25) is 0 Å². The average molecular weight is 156 g/mol. The second-order valence-electron chi connectivity index (χ2n) is 1.82. The molecule has 11 heavy (non-hydrogen) atoms. The number of nitrogens with zero attached hydrogens (tertiary/aromatic N) is 1. The van der Waals surface area contributed by atoms with Crippen LogP contribution in [0.15, 0.2) is 10.8 Å². The zero-order valence-corrected chi connectivity index (χ0v) is 5.86. The number of oxazole rings is 1. The summed E-state index contributed by atoms with van der Waals surface area (Å²) < 4.78 is 8.79. The van der Waals surface area contributed by atoms with Gasteiger partial charge in [0.15, 0.2) is 6.39 Å². The Balaban J connectivity index is 2.76. The first-order valence-corrected chi connectivity index (χ1v) is 2.91. The van der Waals surface area contributed by atoms with E-state index in [1.165, 1.54) is 0 Å². The Kier molecular flexibility index (Phi) is 2.22. The van der Waals surface area contributed by atoms with Crippen molar-refractivity contribution in [2.24, 2.45) is 0 Å². The summed E-state index contributed by atoms with van der Waals surface area (Å²) in [6.07, 6.45) is 1.12. The third kappa shape index (κ3) is 1.56. The van der Waals surface area contributed by atoms with Gasteiger partial charge >= 0.3 is 5.97 Å². The summed E-state index contributed by atoms with van der Waals surface area (Å²) in [4.78, 5) is 14.4. The molecule has 0 aliphatic carbocycles. The van der Waals surface area contributed by atoms with Crippen LogP contribution in [0.25, 0.3) is 0 Å². The molecule has 59 valence electrons. The number of ether oxygens (including phenoxy) is 1. The highest BCUT2D eigenvalue weighted by Crippen LogP contribution is 2.05. The molecule has 0 unspecified atom stereocenters. The third-order valence-electron chi connectivity index (χ3n) is 1.12. The van der Waals surface area contributed by atoms with Crippen LogP contribution in [0.1, 0.15) is 16.2 Å². The summed E-state index contributed by atoms with van der Waals surface area (Å²) in [5.41, 5.74) is 0.420. The van der Waals surface area contributed by atoms with Crippen LogP contribution in [0, 0.1) is 6.92 Å². The molecule has 0 fully saturated rings. The highest BCUT2D eigenvalue weighted by Gasteiger charge is 2.14. The Hall–Kier alpha value is -1.36. The minimum absolute atomic E-state index is 0.0131. The number of hydrogen-bond acceptors (Lipinski definition) is 4. The van der Waals surface area contributed by atoms with Gasteiger partial charge in [-0.2, -0.15) is 5.11 Å². The van der Waals surface area contributed by atoms with Gasteiger partial charge in [-0.05, 0) is 6.92 Å². The molecule has 0 aliphatic rings. The quantitative estimate of drug-likeness (QED) is 0.462. The Morgan fingerprint density at radius 2 is 2.55 bits per heavy atom. The molecule has 5 heteroatoms. The Labute approximate surface area is 62.6 Å². The fourth-order valence-corrected chi connectivity index (χ4v) is 0.617. The Morgan fingerprint density at radius 3 is 3.00 bits per heavy atom. The van der Waals surface area contributed by atoms with Gasteiger partial charge in [0.05, 0.1) is 5.69 Å². The standard InChI is InChI=1S/C6H6NO4/c1-4-5(10-2-7-4)6(9)11-3-8/h2H,3H2,1H3. The highest BCUT2D eigenvalue weighted by molar-refractivity contribution is 5.87. The molecule has 1 rings (SSSR count). The van der Waals surface area contributed by atoms with Crippen LogP contribution >= 0.6 is 0 Å². The van der Waals surface area contributed by atoms with E-state index in [4.69, 9.17) is 0 Å². The topological polar surface area (TPSA) is 72.2 Å². The maximum atomic E-state index is 10.8. The molecular weight excluding hydrogens is 150 g/mol. The molecule has 0 atom stereocenters. The van der Waals surface area contributed by atoms with Gasteiger partial charge in [0.2, 0.25) is 12.6 Å². The normalized spacial score (nSPS) is 9.64. The maximum Gasteiger partial charge on any atom is 0.378 e. The van der Waals surface area contributed by atoms with Crippen LogP contribution in [-0.2, 0) is 9.84 Å². The van der Waals surface area contributed by atoms with Crippen molar-refractivity contribution in [3.63, 3.8) is 0 Å². The molecule has 5 nitrogen and oxygen atoms in total. The SMILES string of the molecule is Cc1ncoc1C(=O)OC[O]. The van der Waals surface area contributed by atoms with Crippen LogP contribution in [0.2, 0.25) is 0 Å². The lowest BCUT2D eigenvalue weighted by molar-refractivity contribution is -0.0239. The van der Waals surface area contributed by atoms with E-state index in [0.717, 1.165) is 6.39 Å². The van der Waals surface area contributed by atoms with Crippen LogP contribution < -0.4 is 0 Å². The lowest BCUT2D eigenvalue weighted by Crippen LogP contribution is -2.05. The molecule has 1 aromatic rings. The number of aryl methyl sites for hydroxylation is 1. The van der Waals surface area contributed by atoms with Crippen LogP contribution in [0.4, 0.5) is 0 Å². The molecular formula is C6H6NO4. The van der Waals surface area contributed by atoms with Crippen LogP contribution in [-0.4, -0.2) is 17.7 Å². The highest BCUT2D eigenvalue weighted by atomic mass is 16.6. The smallest absolute Gasteiger partial charge is 0.378 e. The lowest BCUT2D eigenvalue weighted by atomic mass is 10.4. The molecule has 0 amide bonds. The molecule has 0 aliphatic heterocycles. The van der Waals surface area contributed by atoms with E-state index in [1.807, 2.05) is 0 Å². The first-order valence-electron chi connectivity index (χ1n) is 2.91. The Morgan fingerprint density at radius 1 is 1.82 bits per heavy atom. The first-order chi connectivity index (χ1) is 5.25. The summed E-state index contributed by atoms with van der Waals surface area (Å²) in [5, 5.41) is 9.84. The molecule has 0 saturated heterocycles. The van der Waals surface area contributed by atoms with Gasteiger partial charge < -0.3 is 9.15 Å². The van der Waals surface area contributed by atoms with Crippen molar-refractivity contribution in [1.82, 2.24) is 4.98 Å². The molecule has 0 bridgehead atoms. The van der Waals surface area contributed by atoms with Gasteiger partial charge in [0.1, 0.15) is 0 Å². The van der Waals surface area contributed by atoms with Gasteiger partial charge in [0.25, 0.3) is 0 Å². The van der Waals surface area contributed by atoms with E-state index < -0.39 is 12.8 Å². The number of rotatable bonds is 2. The molecule has 1 aromatic heterocycles. The van der Waals surface area contributed by atoms with Gasteiger partial charge in [-0.1, -0.05) is 0 Å². The molecule has 0 aromatic carbocycles. The van der Waals surface area contributed by atoms with E-state index >= 15 is 0 Å².